The molecular weight excluding hydrogens is 217 g/mol. The molecule has 0 aromatic heterocycles. The smallest absolute Gasteiger partial charge is 0.423 e. The molecule has 0 unspecified atom stereocenters. The number of hydrogen-bond donors (Lipinski definition) is 2. The van der Waals surface area contributed by atoms with Gasteiger partial charge in [0.05, 0.1) is 0 Å². The number of nitroso groups, excluding NO2 is 1. The van der Waals surface area contributed by atoms with Gasteiger partial charge >= 0.3 is 7.12 Å². The van der Waals surface area contributed by atoms with Crippen molar-refractivity contribution in [3.63, 3.8) is 0 Å². The highest BCUT2D eigenvalue weighted by Gasteiger charge is 2.09. The fraction of sp³-hybridized carbons (Fsp3) is 0. The number of allylic oxidation sites excluding steroid dienone is 11. The maximum absolute atomic E-state index is 10.4. The lowest BCUT2D eigenvalue weighted by Gasteiger charge is -1.97. The van der Waals surface area contributed by atoms with Gasteiger partial charge in [0.1, 0.15) is 5.70 Å². The van der Waals surface area contributed by atoms with E-state index in [2.05, 4.69) is 5.18 Å². The molecular formula is C12H12BNO3. The van der Waals surface area contributed by atoms with Crippen molar-refractivity contribution in [3.8, 4) is 0 Å². The molecule has 0 aromatic rings. The predicted octanol–water partition coefficient (Wildman–Crippen LogP) is 1.81. The maximum Gasteiger partial charge on any atom is 0.488 e. The molecule has 0 aliphatic heterocycles. The second-order valence-electron chi connectivity index (χ2n) is 3.21. The van der Waals surface area contributed by atoms with Crippen molar-refractivity contribution in [2.24, 2.45) is 5.18 Å². The van der Waals surface area contributed by atoms with Gasteiger partial charge in [0.2, 0.25) is 0 Å². The lowest BCUT2D eigenvalue weighted by atomic mass is 9.79. The first-order valence-electron chi connectivity index (χ1n) is 5.03. The highest BCUT2D eigenvalue weighted by atomic mass is 16.4. The SMILES string of the molecule is O=NC1=C/C=C/C=C\C(B(O)O)=C/C=C\C=C1. The summed E-state index contributed by atoms with van der Waals surface area (Å²) in [4.78, 5) is 10.4. The fourth-order valence-corrected chi connectivity index (χ4v) is 1.11. The standard InChI is InChI=1S/C12H12BNO3/c15-13(16)11-7-3-1-5-9-12(14-17)10-6-2-4-8-11/h1-10,15-16H/b3-1-,4-2?,5-1?,6-2+,7-3?,8-4-,9-5?,10-6?,11-7+,11-8?,12-9?,12-10?. The normalized spacial score (nSPS) is 24.4. The minimum Gasteiger partial charge on any atom is -0.423 e. The monoisotopic (exact) mass is 229 g/mol. The molecule has 0 saturated carbocycles. The van der Waals surface area contributed by atoms with Crippen LogP contribution in [0.25, 0.3) is 0 Å². The van der Waals surface area contributed by atoms with Crippen LogP contribution in [0.3, 0.4) is 0 Å². The lowest BCUT2D eigenvalue weighted by Crippen LogP contribution is -2.13. The number of hydrogen-bond acceptors (Lipinski definition) is 4. The molecule has 1 aliphatic carbocycles. The molecule has 17 heavy (non-hydrogen) atoms. The van der Waals surface area contributed by atoms with Gasteiger partial charge in [0.25, 0.3) is 0 Å². The zero-order chi connectivity index (χ0) is 12.5. The molecule has 0 heterocycles. The Balaban J connectivity index is 2.97. The Morgan fingerprint density at radius 1 is 0.882 bits per heavy atom. The first kappa shape index (κ1) is 13.1. The Hall–Kier alpha value is -1.98. The first-order valence-corrected chi connectivity index (χ1v) is 5.03. The van der Waals surface area contributed by atoms with Gasteiger partial charge in [0.15, 0.2) is 0 Å². The van der Waals surface area contributed by atoms with E-state index in [4.69, 9.17) is 10.0 Å². The summed E-state index contributed by atoms with van der Waals surface area (Å²) < 4.78 is 0. The molecule has 0 amide bonds. The summed E-state index contributed by atoms with van der Waals surface area (Å²) in [5, 5.41) is 20.9. The topological polar surface area (TPSA) is 69.9 Å². The Kier molecular flexibility index (Phi) is 5.64. The van der Waals surface area contributed by atoms with E-state index in [1.165, 1.54) is 0 Å². The molecule has 4 nitrogen and oxygen atoms in total. The van der Waals surface area contributed by atoms with Crippen LogP contribution in [0.4, 0.5) is 0 Å². The molecule has 0 bridgehead atoms. The Labute approximate surface area is 99.8 Å². The molecule has 0 spiro atoms. The van der Waals surface area contributed by atoms with Crippen LogP contribution in [0, 0.1) is 4.91 Å². The number of rotatable bonds is 2. The fourth-order valence-electron chi connectivity index (χ4n) is 1.11. The van der Waals surface area contributed by atoms with Crippen molar-refractivity contribution < 1.29 is 10.0 Å². The summed E-state index contributed by atoms with van der Waals surface area (Å²) >= 11 is 0. The van der Waals surface area contributed by atoms with Gasteiger partial charge in [-0.3, -0.25) is 0 Å². The Morgan fingerprint density at radius 3 is 2.18 bits per heavy atom. The Morgan fingerprint density at radius 2 is 1.53 bits per heavy atom. The first-order chi connectivity index (χ1) is 8.24. The van der Waals surface area contributed by atoms with E-state index in [9.17, 15) is 4.91 Å². The van der Waals surface area contributed by atoms with Crippen LogP contribution in [0.15, 0.2) is 77.1 Å². The molecule has 0 saturated heterocycles. The molecule has 5 heteroatoms. The van der Waals surface area contributed by atoms with Crippen molar-refractivity contribution >= 4 is 7.12 Å². The van der Waals surface area contributed by atoms with Gasteiger partial charge < -0.3 is 10.0 Å². The van der Waals surface area contributed by atoms with Crippen LogP contribution in [0.5, 0.6) is 0 Å². The molecule has 0 radical (unpaired) electrons. The quantitative estimate of drug-likeness (QED) is 0.560. The largest absolute Gasteiger partial charge is 0.488 e. The average Bonchev–Trinajstić information content (AvgIpc) is 2.29. The van der Waals surface area contributed by atoms with Crippen molar-refractivity contribution in [1.29, 1.82) is 0 Å². The zero-order valence-electron chi connectivity index (χ0n) is 9.10. The van der Waals surface area contributed by atoms with Crippen LogP contribution in [-0.2, 0) is 0 Å². The van der Waals surface area contributed by atoms with Crippen molar-refractivity contribution in [2.45, 2.75) is 0 Å². The van der Waals surface area contributed by atoms with Gasteiger partial charge in [-0.15, -0.1) is 4.91 Å². The van der Waals surface area contributed by atoms with Gasteiger partial charge in [-0.2, -0.15) is 0 Å². The van der Waals surface area contributed by atoms with E-state index >= 15 is 0 Å². The lowest BCUT2D eigenvalue weighted by molar-refractivity contribution is 0.420. The number of nitrogens with zero attached hydrogens (tertiary/aromatic N) is 1. The average molecular weight is 229 g/mol. The van der Waals surface area contributed by atoms with Crippen molar-refractivity contribution in [1.82, 2.24) is 0 Å². The second kappa shape index (κ2) is 7.32. The third-order valence-electron chi connectivity index (χ3n) is 1.96. The predicted molar refractivity (Wildman–Crippen MR) is 68.7 cm³/mol. The summed E-state index contributed by atoms with van der Waals surface area (Å²) in [6, 6.07) is 0. The summed E-state index contributed by atoms with van der Waals surface area (Å²) in [6.07, 6.45) is 16.2. The molecule has 2 N–H and O–H groups in total. The van der Waals surface area contributed by atoms with E-state index in [1.807, 2.05) is 0 Å². The molecule has 0 fully saturated rings. The van der Waals surface area contributed by atoms with Gasteiger partial charge in [-0.1, -0.05) is 48.6 Å². The third kappa shape index (κ3) is 5.06. The summed E-state index contributed by atoms with van der Waals surface area (Å²) in [6.45, 7) is 0. The third-order valence-corrected chi connectivity index (χ3v) is 1.96. The van der Waals surface area contributed by atoms with Gasteiger partial charge in [-0.05, 0) is 22.8 Å². The van der Waals surface area contributed by atoms with Gasteiger partial charge in [0, 0.05) is 0 Å². The highest BCUT2D eigenvalue weighted by Crippen LogP contribution is 2.03. The van der Waals surface area contributed by atoms with E-state index in [0.29, 0.717) is 11.2 Å². The summed E-state index contributed by atoms with van der Waals surface area (Å²) in [7, 11) is -1.51. The van der Waals surface area contributed by atoms with Gasteiger partial charge in [-0.25, -0.2) is 0 Å². The molecule has 0 atom stereocenters. The minimum atomic E-state index is -1.51. The van der Waals surface area contributed by atoms with Crippen molar-refractivity contribution in [3.05, 3.63) is 76.8 Å². The van der Waals surface area contributed by atoms with Crippen LogP contribution >= 0.6 is 0 Å². The van der Waals surface area contributed by atoms with E-state index in [1.54, 1.807) is 60.8 Å². The molecule has 1 rings (SSSR count). The van der Waals surface area contributed by atoms with Crippen LogP contribution < -0.4 is 0 Å². The zero-order valence-corrected chi connectivity index (χ0v) is 9.10. The highest BCUT2D eigenvalue weighted by molar-refractivity contribution is 6.51. The maximum atomic E-state index is 10.4. The van der Waals surface area contributed by atoms with Crippen molar-refractivity contribution in [2.75, 3.05) is 0 Å². The molecule has 0 aromatic carbocycles. The van der Waals surface area contributed by atoms with Crippen LogP contribution in [-0.4, -0.2) is 17.2 Å². The summed E-state index contributed by atoms with van der Waals surface area (Å²) in [5.41, 5.74) is 0.684. The van der Waals surface area contributed by atoms with E-state index in [-0.39, 0.29) is 0 Å². The molecule has 86 valence electrons. The van der Waals surface area contributed by atoms with Crippen LogP contribution in [0.2, 0.25) is 0 Å². The van der Waals surface area contributed by atoms with E-state index < -0.39 is 7.12 Å². The van der Waals surface area contributed by atoms with Crippen LogP contribution in [0.1, 0.15) is 0 Å². The second-order valence-corrected chi connectivity index (χ2v) is 3.21. The Bertz CT molecular complexity index is 443. The molecule has 1 aliphatic rings. The minimum absolute atomic E-state index is 0.311. The van der Waals surface area contributed by atoms with E-state index in [0.717, 1.165) is 0 Å². The summed E-state index contributed by atoms with van der Waals surface area (Å²) in [5.74, 6) is 0.